The zero-order chi connectivity index (χ0) is 12.8. The van der Waals surface area contributed by atoms with Gasteiger partial charge in [0.15, 0.2) is 0 Å². The number of benzene rings is 2. The Morgan fingerprint density at radius 2 is 1.56 bits per heavy atom. The standard InChI is InChI=1S/C15H16N2O/c16-15(18)14(13-9-5-2-6-10-13)17-11-12-7-3-1-4-8-12/h1-10,14,17H,11H2,(H2,16,18)/t14-/m0/s1. The number of hydrogen-bond donors (Lipinski definition) is 2. The topological polar surface area (TPSA) is 55.1 Å². The van der Waals surface area contributed by atoms with Crippen molar-refractivity contribution in [1.82, 2.24) is 5.32 Å². The second kappa shape index (κ2) is 5.98. The van der Waals surface area contributed by atoms with Crippen LogP contribution >= 0.6 is 0 Å². The summed E-state index contributed by atoms with van der Waals surface area (Å²) in [7, 11) is 0. The molecule has 92 valence electrons. The third-order valence-electron chi connectivity index (χ3n) is 2.77. The van der Waals surface area contributed by atoms with E-state index >= 15 is 0 Å². The van der Waals surface area contributed by atoms with Crippen molar-refractivity contribution in [2.24, 2.45) is 5.73 Å². The molecule has 0 heterocycles. The van der Waals surface area contributed by atoms with Crippen molar-refractivity contribution in [3.63, 3.8) is 0 Å². The van der Waals surface area contributed by atoms with Crippen LogP contribution in [0, 0.1) is 0 Å². The van der Waals surface area contributed by atoms with Crippen molar-refractivity contribution in [2.75, 3.05) is 0 Å². The Hall–Kier alpha value is -2.13. The Kier molecular flexibility index (Phi) is 4.10. The van der Waals surface area contributed by atoms with Crippen molar-refractivity contribution in [1.29, 1.82) is 0 Å². The molecule has 3 heteroatoms. The van der Waals surface area contributed by atoms with Crippen LogP contribution in [0.15, 0.2) is 60.7 Å². The van der Waals surface area contributed by atoms with Crippen molar-refractivity contribution in [3.8, 4) is 0 Å². The quantitative estimate of drug-likeness (QED) is 0.840. The molecule has 18 heavy (non-hydrogen) atoms. The molecule has 0 aliphatic carbocycles. The lowest BCUT2D eigenvalue weighted by molar-refractivity contribution is -0.120. The minimum Gasteiger partial charge on any atom is -0.368 e. The van der Waals surface area contributed by atoms with Gasteiger partial charge in [0.2, 0.25) is 5.91 Å². The lowest BCUT2D eigenvalue weighted by Crippen LogP contribution is -2.33. The summed E-state index contributed by atoms with van der Waals surface area (Å²) >= 11 is 0. The maximum absolute atomic E-state index is 11.5. The average Bonchev–Trinajstić information content (AvgIpc) is 2.41. The molecule has 0 saturated heterocycles. The van der Waals surface area contributed by atoms with Crippen LogP contribution in [0.1, 0.15) is 17.2 Å². The van der Waals surface area contributed by atoms with Crippen LogP contribution < -0.4 is 11.1 Å². The summed E-state index contributed by atoms with van der Waals surface area (Å²) < 4.78 is 0. The second-order valence-corrected chi connectivity index (χ2v) is 4.11. The van der Waals surface area contributed by atoms with Gasteiger partial charge < -0.3 is 5.73 Å². The Labute approximate surface area is 107 Å². The Morgan fingerprint density at radius 3 is 2.11 bits per heavy atom. The molecule has 1 amide bonds. The Balaban J connectivity index is 2.06. The largest absolute Gasteiger partial charge is 0.368 e. The number of carbonyl (C=O) groups is 1. The maximum atomic E-state index is 11.5. The van der Waals surface area contributed by atoms with Crippen molar-refractivity contribution < 1.29 is 4.79 Å². The molecule has 2 aromatic carbocycles. The van der Waals surface area contributed by atoms with E-state index in [0.29, 0.717) is 6.54 Å². The van der Waals surface area contributed by atoms with E-state index in [-0.39, 0.29) is 5.91 Å². The molecular weight excluding hydrogens is 224 g/mol. The number of rotatable bonds is 5. The number of primary amides is 1. The highest BCUT2D eigenvalue weighted by Gasteiger charge is 2.16. The Morgan fingerprint density at radius 1 is 1.00 bits per heavy atom. The van der Waals surface area contributed by atoms with Gasteiger partial charge in [-0.1, -0.05) is 60.7 Å². The van der Waals surface area contributed by atoms with Gasteiger partial charge in [-0.2, -0.15) is 0 Å². The van der Waals surface area contributed by atoms with Gasteiger partial charge in [0.25, 0.3) is 0 Å². The summed E-state index contributed by atoms with van der Waals surface area (Å²) in [4.78, 5) is 11.5. The maximum Gasteiger partial charge on any atom is 0.239 e. The zero-order valence-corrected chi connectivity index (χ0v) is 10.0. The number of amides is 1. The lowest BCUT2D eigenvalue weighted by Gasteiger charge is -2.15. The third-order valence-corrected chi connectivity index (χ3v) is 2.77. The van der Waals surface area contributed by atoms with Gasteiger partial charge in [-0.25, -0.2) is 0 Å². The van der Waals surface area contributed by atoms with Crippen LogP contribution in [0.2, 0.25) is 0 Å². The van der Waals surface area contributed by atoms with Crippen LogP contribution in [0.3, 0.4) is 0 Å². The summed E-state index contributed by atoms with van der Waals surface area (Å²) in [6.07, 6.45) is 0. The van der Waals surface area contributed by atoms with E-state index in [9.17, 15) is 4.79 Å². The highest BCUT2D eigenvalue weighted by molar-refractivity contribution is 5.81. The van der Waals surface area contributed by atoms with E-state index in [1.54, 1.807) is 0 Å². The summed E-state index contributed by atoms with van der Waals surface area (Å²) in [5, 5.41) is 3.18. The van der Waals surface area contributed by atoms with E-state index in [2.05, 4.69) is 5.32 Å². The molecule has 0 aliphatic heterocycles. The first-order valence-electron chi connectivity index (χ1n) is 5.89. The molecule has 0 radical (unpaired) electrons. The SMILES string of the molecule is NC(=O)[C@@H](NCc1ccccc1)c1ccccc1. The second-order valence-electron chi connectivity index (χ2n) is 4.11. The molecule has 0 fully saturated rings. The molecule has 1 atom stereocenters. The van der Waals surface area contributed by atoms with Gasteiger partial charge in [-0.15, -0.1) is 0 Å². The zero-order valence-electron chi connectivity index (χ0n) is 10.0. The fourth-order valence-electron chi connectivity index (χ4n) is 1.84. The monoisotopic (exact) mass is 240 g/mol. The normalized spacial score (nSPS) is 12.0. The van der Waals surface area contributed by atoms with Crippen LogP contribution in [-0.2, 0) is 11.3 Å². The first-order valence-corrected chi connectivity index (χ1v) is 5.89. The molecule has 0 unspecified atom stereocenters. The van der Waals surface area contributed by atoms with E-state index in [1.165, 1.54) is 0 Å². The van der Waals surface area contributed by atoms with Gasteiger partial charge in [0, 0.05) is 6.54 Å². The van der Waals surface area contributed by atoms with Crippen molar-refractivity contribution >= 4 is 5.91 Å². The van der Waals surface area contributed by atoms with Crippen LogP contribution in [-0.4, -0.2) is 5.91 Å². The van der Waals surface area contributed by atoms with Crippen molar-refractivity contribution in [3.05, 3.63) is 71.8 Å². The minimum absolute atomic E-state index is 0.364. The van der Waals surface area contributed by atoms with E-state index in [1.807, 2.05) is 60.7 Å². The average molecular weight is 240 g/mol. The molecule has 0 aromatic heterocycles. The number of carbonyl (C=O) groups excluding carboxylic acids is 1. The number of hydrogen-bond acceptors (Lipinski definition) is 2. The molecule has 2 rings (SSSR count). The fourth-order valence-corrected chi connectivity index (χ4v) is 1.84. The van der Waals surface area contributed by atoms with Crippen LogP contribution in [0.5, 0.6) is 0 Å². The lowest BCUT2D eigenvalue weighted by atomic mass is 10.1. The molecule has 0 spiro atoms. The van der Waals surface area contributed by atoms with E-state index < -0.39 is 6.04 Å². The summed E-state index contributed by atoms with van der Waals surface area (Å²) in [5.74, 6) is -0.364. The first kappa shape index (κ1) is 12.3. The predicted octanol–water partition coefficient (Wildman–Crippen LogP) is 2.00. The van der Waals surface area contributed by atoms with Crippen molar-refractivity contribution in [2.45, 2.75) is 12.6 Å². The fraction of sp³-hybridized carbons (Fsp3) is 0.133. The molecule has 2 aromatic rings. The molecule has 3 nitrogen and oxygen atoms in total. The molecule has 0 bridgehead atoms. The van der Waals surface area contributed by atoms with E-state index in [4.69, 9.17) is 5.73 Å². The highest BCUT2D eigenvalue weighted by Crippen LogP contribution is 2.12. The molecular formula is C15H16N2O. The highest BCUT2D eigenvalue weighted by atomic mass is 16.1. The van der Waals surface area contributed by atoms with Gasteiger partial charge in [-0.3, -0.25) is 10.1 Å². The summed E-state index contributed by atoms with van der Waals surface area (Å²) in [5.41, 5.74) is 7.45. The summed E-state index contributed by atoms with van der Waals surface area (Å²) in [6.45, 7) is 0.614. The van der Waals surface area contributed by atoms with Gasteiger partial charge in [0.05, 0.1) is 0 Å². The summed E-state index contributed by atoms with van der Waals surface area (Å²) in [6, 6.07) is 19.0. The van der Waals surface area contributed by atoms with Gasteiger partial charge >= 0.3 is 0 Å². The smallest absolute Gasteiger partial charge is 0.239 e. The van der Waals surface area contributed by atoms with Gasteiger partial charge in [-0.05, 0) is 11.1 Å². The van der Waals surface area contributed by atoms with Crippen LogP contribution in [0.4, 0.5) is 0 Å². The molecule has 0 saturated carbocycles. The minimum atomic E-state index is -0.452. The molecule has 3 N–H and O–H groups in total. The molecule has 0 aliphatic rings. The van der Waals surface area contributed by atoms with Crippen LogP contribution in [0.25, 0.3) is 0 Å². The number of nitrogens with one attached hydrogen (secondary N) is 1. The Bertz CT molecular complexity index is 496. The first-order chi connectivity index (χ1) is 8.77. The van der Waals surface area contributed by atoms with E-state index in [0.717, 1.165) is 11.1 Å². The number of nitrogens with two attached hydrogens (primary N) is 1. The third kappa shape index (κ3) is 3.18. The van der Waals surface area contributed by atoms with Gasteiger partial charge in [0.1, 0.15) is 6.04 Å². The predicted molar refractivity (Wildman–Crippen MR) is 71.7 cm³/mol.